The van der Waals surface area contributed by atoms with Crippen molar-refractivity contribution < 1.29 is 18.3 Å². The van der Waals surface area contributed by atoms with Gasteiger partial charge in [0, 0.05) is 17.0 Å². The summed E-state index contributed by atoms with van der Waals surface area (Å²) in [6.45, 7) is 0. The largest absolute Gasteiger partial charge is 0.469 e. The SMILES string of the molecule is COC(=O)CCc1cc(Cl)cc(C(F)F)c1. The van der Waals surface area contributed by atoms with Gasteiger partial charge in [0.25, 0.3) is 6.43 Å². The summed E-state index contributed by atoms with van der Waals surface area (Å²) < 4.78 is 29.3. The molecule has 0 spiro atoms. The van der Waals surface area contributed by atoms with Gasteiger partial charge < -0.3 is 4.74 Å². The first-order valence-electron chi connectivity index (χ1n) is 4.67. The summed E-state index contributed by atoms with van der Waals surface area (Å²) in [5.74, 6) is -0.376. The summed E-state index contributed by atoms with van der Waals surface area (Å²) in [6, 6.07) is 4.13. The molecule has 2 nitrogen and oxygen atoms in total. The minimum Gasteiger partial charge on any atom is -0.469 e. The van der Waals surface area contributed by atoms with Gasteiger partial charge >= 0.3 is 5.97 Å². The highest BCUT2D eigenvalue weighted by molar-refractivity contribution is 6.30. The molecule has 0 aliphatic carbocycles. The first-order valence-corrected chi connectivity index (χ1v) is 5.05. The molecule has 0 saturated heterocycles. The topological polar surface area (TPSA) is 26.3 Å². The van der Waals surface area contributed by atoms with Gasteiger partial charge in [-0.3, -0.25) is 4.79 Å². The number of hydrogen-bond acceptors (Lipinski definition) is 2. The van der Waals surface area contributed by atoms with E-state index in [0.717, 1.165) is 0 Å². The number of alkyl halides is 2. The van der Waals surface area contributed by atoms with Crippen LogP contribution in [0, 0.1) is 0 Å². The fourth-order valence-corrected chi connectivity index (χ4v) is 1.56. The number of carbonyl (C=O) groups is 1. The maximum absolute atomic E-state index is 12.4. The van der Waals surface area contributed by atoms with Crippen molar-refractivity contribution in [1.82, 2.24) is 0 Å². The van der Waals surface area contributed by atoms with Crippen molar-refractivity contribution in [2.75, 3.05) is 7.11 Å². The van der Waals surface area contributed by atoms with Crippen LogP contribution in [-0.2, 0) is 16.0 Å². The number of rotatable bonds is 4. The zero-order valence-corrected chi connectivity index (χ0v) is 9.43. The minimum atomic E-state index is -2.56. The smallest absolute Gasteiger partial charge is 0.305 e. The second kappa shape index (κ2) is 5.80. The highest BCUT2D eigenvalue weighted by atomic mass is 35.5. The first-order chi connectivity index (χ1) is 7.52. The van der Waals surface area contributed by atoms with E-state index in [9.17, 15) is 13.6 Å². The summed E-state index contributed by atoms with van der Waals surface area (Å²) in [4.78, 5) is 10.9. The lowest BCUT2D eigenvalue weighted by Crippen LogP contribution is -2.02. The highest BCUT2D eigenvalue weighted by Gasteiger charge is 2.10. The van der Waals surface area contributed by atoms with Gasteiger partial charge in [-0.15, -0.1) is 0 Å². The Bertz CT molecular complexity index is 380. The second-order valence-corrected chi connectivity index (χ2v) is 3.71. The van der Waals surface area contributed by atoms with Gasteiger partial charge in [-0.05, 0) is 24.1 Å². The lowest BCUT2D eigenvalue weighted by Gasteiger charge is -2.05. The van der Waals surface area contributed by atoms with E-state index < -0.39 is 6.43 Å². The minimum absolute atomic E-state index is 0.132. The van der Waals surface area contributed by atoms with E-state index in [4.69, 9.17) is 11.6 Å². The Hall–Kier alpha value is -1.16. The molecule has 1 rings (SSSR count). The van der Waals surface area contributed by atoms with E-state index in [0.29, 0.717) is 12.0 Å². The molecule has 0 bridgehead atoms. The van der Waals surface area contributed by atoms with E-state index in [1.54, 1.807) is 6.07 Å². The lowest BCUT2D eigenvalue weighted by molar-refractivity contribution is -0.140. The quantitative estimate of drug-likeness (QED) is 0.764. The molecule has 1 aromatic rings. The van der Waals surface area contributed by atoms with Gasteiger partial charge in [-0.1, -0.05) is 17.7 Å². The zero-order valence-electron chi connectivity index (χ0n) is 8.67. The van der Waals surface area contributed by atoms with Crippen molar-refractivity contribution in [2.24, 2.45) is 0 Å². The molecule has 0 heterocycles. The molecule has 0 N–H and O–H groups in total. The van der Waals surface area contributed by atoms with Crippen LogP contribution in [0.5, 0.6) is 0 Å². The van der Waals surface area contributed by atoms with E-state index in [1.165, 1.54) is 19.2 Å². The van der Waals surface area contributed by atoms with Gasteiger partial charge in [-0.25, -0.2) is 8.78 Å². The van der Waals surface area contributed by atoms with E-state index in [-0.39, 0.29) is 23.0 Å². The zero-order chi connectivity index (χ0) is 12.1. The Labute approximate surface area is 97.2 Å². The molecule has 0 aromatic heterocycles. The number of aryl methyl sites for hydroxylation is 1. The van der Waals surface area contributed by atoms with Crippen molar-refractivity contribution in [1.29, 1.82) is 0 Å². The number of halogens is 3. The van der Waals surface area contributed by atoms with Gasteiger partial charge in [0.2, 0.25) is 0 Å². The average Bonchev–Trinajstić information content (AvgIpc) is 2.25. The van der Waals surface area contributed by atoms with Crippen molar-refractivity contribution >= 4 is 17.6 Å². The monoisotopic (exact) mass is 248 g/mol. The van der Waals surface area contributed by atoms with Crippen LogP contribution in [0.3, 0.4) is 0 Å². The average molecular weight is 249 g/mol. The third-order valence-corrected chi connectivity index (χ3v) is 2.30. The molecule has 0 atom stereocenters. The second-order valence-electron chi connectivity index (χ2n) is 3.27. The standard InChI is InChI=1S/C11H11ClF2O2/c1-16-10(15)3-2-7-4-8(11(13)14)6-9(12)5-7/h4-6,11H,2-3H2,1H3. The van der Waals surface area contributed by atoms with E-state index in [1.807, 2.05) is 0 Å². The van der Waals surface area contributed by atoms with Crippen LogP contribution in [0.1, 0.15) is 24.0 Å². The molecule has 0 fully saturated rings. The maximum atomic E-state index is 12.4. The Morgan fingerprint density at radius 2 is 2.12 bits per heavy atom. The molecule has 0 aliphatic heterocycles. The van der Waals surface area contributed by atoms with Gasteiger partial charge in [-0.2, -0.15) is 0 Å². The molecule has 0 radical (unpaired) electrons. The predicted octanol–water partition coefficient (Wildman–Crippen LogP) is 3.38. The maximum Gasteiger partial charge on any atom is 0.305 e. The van der Waals surface area contributed by atoms with Crippen LogP contribution in [0.15, 0.2) is 18.2 Å². The normalized spacial score (nSPS) is 10.6. The molecule has 16 heavy (non-hydrogen) atoms. The van der Waals surface area contributed by atoms with Gasteiger partial charge in [0.1, 0.15) is 0 Å². The number of ether oxygens (including phenoxy) is 1. The molecule has 0 amide bonds. The fourth-order valence-electron chi connectivity index (χ4n) is 1.29. The van der Waals surface area contributed by atoms with Crippen molar-refractivity contribution in [3.63, 3.8) is 0 Å². The number of carbonyl (C=O) groups excluding carboxylic acids is 1. The molecule has 0 saturated carbocycles. The summed E-state index contributed by atoms with van der Waals surface area (Å²) in [7, 11) is 1.28. The van der Waals surface area contributed by atoms with Crippen LogP contribution >= 0.6 is 11.6 Å². The number of esters is 1. The van der Waals surface area contributed by atoms with Gasteiger partial charge in [0.05, 0.1) is 7.11 Å². The third-order valence-electron chi connectivity index (χ3n) is 2.08. The van der Waals surface area contributed by atoms with Crippen molar-refractivity contribution in [2.45, 2.75) is 19.3 Å². The van der Waals surface area contributed by atoms with Gasteiger partial charge in [0.15, 0.2) is 0 Å². The molecule has 88 valence electrons. The van der Waals surface area contributed by atoms with Crippen LogP contribution < -0.4 is 0 Å². The van der Waals surface area contributed by atoms with Crippen LogP contribution in [0.4, 0.5) is 8.78 Å². The Kier molecular flexibility index (Phi) is 4.68. The first kappa shape index (κ1) is 12.9. The summed E-state index contributed by atoms with van der Waals surface area (Å²) in [6.07, 6.45) is -2.07. The summed E-state index contributed by atoms with van der Waals surface area (Å²) in [5, 5.41) is 0.248. The Morgan fingerprint density at radius 1 is 1.44 bits per heavy atom. The fraction of sp³-hybridized carbons (Fsp3) is 0.364. The lowest BCUT2D eigenvalue weighted by atomic mass is 10.1. The molecular weight excluding hydrogens is 238 g/mol. The molecular formula is C11H11ClF2O2. The van der Waals surface area contributed by atoms with Crippen LogP contribution in [0.2, 0.25) is 5.02 Å². The molecule has 5 heteroatoms. The summed E-state index contributed by atoms with van der Waals surface area (Å²) in [5.41, 5.74) is 0.473. The molecule has 0 unspecified atom stereocenters. The van der Waals surface area contributed by atoms with Crippen LogP contribution in [-0.4, -0.2) is 13.1 Å². The number of methoxy groups -OCH3 is 1. The van der Waals surface area contributed by atoms with E-state index in [2.05, 4.69) is 4.74 Å². The Balaban J connectivity index is 2.76. The highest BCUT2D eigenvalue weighted by Crippen LogP contribution is 2.24. The number of benzene rings is 1. The molecule has 0 aliphatic rings. The third kappa shape index (κ3) is 3.77. The van der Waals surface area contributed by atoms with Crippen molar-refractivity contribution in [3.8, 4) is 0 Å². The van der Waals surface area contributed by atoms with E-state index >= 15 is 0 Å². The Morgan fingerprint density at radius 3 is 2.69 bits per heavy atom. The van der Waals surface area contributed by atoms with Crippen molar-refractivity contribution in [3.05, 3.63) is 34.3 Å². The summed E-state index contributed by atoms with van der Waals surface area (Å²) >= 11 is 5.69. The van der Waals surface area contributed by atoms with Crippen LogP contribution in [0.25, 0.3) is 0 Å². The predicted molar refractivity (Wildman–Crippen MR) is 56.7 cm³/mol. The molecule has 1 aromatic carbocycles. The number of hydrogen-bond donors (Lipinski definition) is 0.